The molecule has 2 heteroatoms. The van der Waals surface area contributed by atoms with Gasteiger partial charge in [0.15, 0.2) is 0 Å². The highest BCUT2D eigenvalue weighted by molar-refractivity contribution is 7.12. The number of rotatable bonds is 5. The van der Waals surface area contributed by atoms with Crippen LogP contribution in [0.2, 0.25) is 0 Å². The summed E-state index contributed by atoms with van der Waals surface area (Å²) < 4.78 is 0. The summed E-state index contributed by atoms with van der Waals surface area (Å²) in [5.41, 5.74) is 0.294. The number of thiophene rings is 1. The Morgan fingerprint density at radius 1 is 1.35 bits per heavy atom. The van der Waals surface area contributed by atoms with Gasteiger partial charge in [-0.05, 0) is 36.8 Å². The van der Waals surface area contributed by atoms with Gasteiger partial charge in [0.2, 0.25) is 0 Å². The first-order valence-electron chi connectivity index (χ1n) is 6.78. The van der Waals surface area contributed by atoms with E-state index < -0.39 is 0 Å². The Hall–Kier alpha value is -0.340. The van der Waals surface area contributed by atoms with Crippen molar-refractivity contribution in [3.63, 3.8) is 0 Å². The van der Waals surface area contributed by atoms with E-state index in [1.54, 1.807) is 0 Å². The molecular weight excluding hydrogens is 226 g/mol. The fraction of sp³-hybridized carbons (Fsp3) is 0.733. The molecule has 1 unspecified atom stereocenters. The van der Waals surface area contributed by atoms with Gasteiger partial charge in [-0.1, -0.05) is 33.6 Å². The predicted molar refractivity (Wildman–Crippen MR) is 76.7 cm³/mol. The van der Waals surface area contributed by atoms with E-state index in [9.17, 15) is 0 Å². The Morgan fingerprint density at radius 2 is 2.06 bits per heavy atom. The lowest BCUT2D eigenvalue weighted by molar-refractivity contribution is 0.490. The van der Waals surface area contributed by atoms with Crippen LogP contribution in [0.15, 0.2) is 12.1 Å². The van der Waals surface area contributed by atoms with Gasteiger partial charge in [-0.25, -0.2) is 0 Å². The van der Waals surface area contributed by atoms with E-state index in [-0.39, 0.29) is 0 Å². The Kier molecular flexibility index (Phi) is 3.94. The second-order valence-electron chi connectivity index (χ2n) is 6.48. The van der Waals surface area contributed by atoms with Gasteiger partial charge in [0.25, 0.3) is 0 Å². The quantitative estimate of drug-likeness (QED) is 0.821. The highest BCUT2D eigenvalue weighted by Crippen LogP contribution is 2.33. The van der Waals surface area contributed by atoms with Gasteiger partial charge < -0.3 is 5.32 Å². The molecule has 1 aromatic rings. The van der Waals surface area contributed by atoms with Crippen molar-refractivity contribution in [1.29, 1.82) is 0 Å². The third-order valence-corrected chi connectivity index (χ3v) is 4.92. The molecule has 0 bridgehead atoms. The van der Waals surface area contributed by atoms with Crippen LogP contribution in [0.25, 0.3) is 0 Å². The topological polar surface area (TPSA) is 12.0 Å². The summed E-state index contributed by atoms with van der Waals surface area (Å²) in [4.78, 5) is 2.96. The van der Waals surface area contributed by atoms with Gasteiger partial charge >= 0.3 is 0 Å². The molecule has 0 radical (unpaired) electrons. The van der Waals surface area contributed by atoms with Crippen LogP contribution in [0.3, 0.4) is 0 Å². The third-order valence-electron chi connectivity index (χ3n) is 3.41. The summed E-state index contributed by atoms with van der Waals surface area (Å²) in [6, 6.07) is 5.23. The summed E-state index contributed by atoms with van der Waals surface area (Å²) in [5.74, 6) is 1.02. The van der Waals surface area contributed by atoms with Gasteiger partial charge in [0.05, 0.1) is 0 Å². The lowest BCUT2D eigenvalue weighted by atomic mass is 9.95. The molecule has 1 aliphatic rings. The molecule has 0 spiro atoms. The molecule has 2 rings (SSSR count). The van der Waals surface area contributed by atoms with E-state index in [2.05, 4.69) is 45.1 Å². The molecule has 1 heterocycles. The van der Waals surface area contributed by atoms with Crippen molar-refractivity contribution in [2.24, 2.45) is 5.92 Å². The summed E-state index contributed by atoms with van der Waals surface area (Å²) >= 11 is 1.95. The zero-order chi connectivity index (χ0) is 12.5. The van der Waals surface area contributed by atoms with Gasteiger partial charge in [-0.2, -0.15) is 0 Å². The summed E-state index contributed by atoms with van der Waals surface area (Å²) in [6.07, 6.45) is 4.27. The number of nitrogens with one attached hydrogen (secondary N) is 1. The van der Waals surface area contributed by atoms with E-state index in [1.807, 2.05) is 11.3 Å². The molecule has 96 valence electrons. The minimum atomic E-state index is 0.294. The van der Waals surface area contributed by atoms with E-state index in [0.717, 1.165) is 12.5 Å². The summed E-state index contributed by atoms with van der Waals surface area (Å²) in [6.45, 7) is 10.2. The standard InChI is InChI=1S/C15H25NS/c1-11(9-12-5-6-12)16-10-13-7-8-14(17-13)15(2,3)4/h7-8,11-12,16H,5-6,9-10H2,1-4H3. The second-order valence-corrected chi connectivity index (χ2v) is 7.65. The fourth-order valence-corrected chi connectivity index (χ4v) is 3.10. The zero-order valence-electron chi connectivity index (χ0n) is 11.5. The van der Waals surface area contributed by atoms with Crippen molar-refractivity contribution in [3.05, 3.63) is 21.9 Å². The largest absolute Gasteiger partial charge is 0.309 e. The van der Waals surface area contributed by atoms with Crippen LogP contribution in [0.5, 0.6) is 0 Å². The molecule has 0 amide bonds. The van der Waals surface area contributed by atoms with Crippen molar-refractivity contribution >= 4 is 11.3 Å². The maximum absolute atomic E-state index is 3.65. The van der Waals surface area contributed by atoms with Crippen molar-refractivity contribution in [2.75, 3.05) is 0 Å². The van der Waals surface area contributed by atoms with Crippen molar-refractivity contribution in [2.45, 2.75) is 65.0 Å². The van der Waals surface area contributed by atoms with Crippen molar-refractivity contribution in [1.82, 2.24) is 5.32 Å². The monoisotopic (exact) mass is 251 g/mol. The smallest absolute Gasteiger partial charge is 0.0302 e. The van der Waals surface area contributed by atoms with Gasteiger partial charge in [0.1, 0.15) is 0 Å². The third kappa shape index (κ3) is 4.11. The average Bonchev–Trinajstić information content (AvgIpc) is 2.90. The first-order chi connectivity index (χ1) is 7.95. The normalized spacial score (nSPS) is 18.4. The Morgan fingerprint density at radius 3 is 2.59 bits per heavy atom. The van der Waals surface area contributed by atoms with Gasteiger partial charge in [-0.3, -0.25) is 0 Å². The second kappa shape index (κ2) is 5.11. The number of hydrogen-bond acceptors (Lipinski definition) is 2. The molecule has 1 aliphatic carbocycles. The lowest BCUT2D eigenvalue weighted by Crippen LogP contribution is -2.25. The Balaban J connectivity index is 1.80. The zero-order valence-corrected chi connectivity index (χ0v) is 12.4. The lowest BCUT2D eigenvalue weighted by Gasteiger charge is -2.15. The van der Waals surface area contributed by atoms with Gasteiger partial charge in [0, 0.05) is 22.3 Å². The summed E-state index contributed by atoms with van der Waals surface area (Å²) in [5, 5.41) is 3.65. The fourth-order valence-electron chi connectivity index (χ4n) is 2.09. The summed E-state index contributed by atoms with van der Waals surface area (Å²) in [7, 11) is 0. The van der Waals surface area contributed by atoms with Crippen LogP contribution in [-0.2, 0) is 12.0 Å². The van der Waals surface area contributed by atoms with E-state index >= 15 is 0 Å². The molecule has 0 aliphatic heterocycles. The first kappa shape index (κ1) is 13.1. The van der Waals surface area contributed by atoms with E-state index in [1.165, 1.54) is 29.0 Å². The van der Waals surface area contributed by atoms with Crippen molar-refractivity contribution in [3.8, 4) is 0 Å². The minimum absolute atomic E-state index is 0.294. The van der Waals surface area contributed by atoms with Gasteiger partial charge in [-0.15, -0.1) is 11.3 Å². The molecule has 17 heavy (non-hydrogen) atoms. The number of hydrogen-bond donors (Lipinski definition) is 1. The van der Waals surface area contributed by atoms with Crippen LogP contribution >= 0.6 is 11.3 Å². The average molecular weight is 251 g/mol. The van der Waals surface area contributed by atoms with Crippen LogP contribution in [0.4, 0.5) is 0 Å². The maximum Gasteiger partial charge on any atom is 0.0302 e. The highest BCUT2D eigenvalue weighted by Gasteiger charge is 2.23. The highest BCUT2D eigenvalue weighted by atomic mass is 32.1. The van der Waals surface area contributed by atoms with E-state index in [4.69, 9.17) is 0 Å². The maximum atomic E-state index is 3.65. The molecule has 1 fully saturated rings. The van der Waals surface area contributed by atoms with E-state index in [0.29, 0.717) is 11.5 Å². The molecule has 0 aromatic carbocycles. The van der Waals surface area contributed by atoms with Crippen LogP contribution in [-0.4, -0.2) is 6.04 Å². The molecular formula is C15H25NS. The molecule has 0 saturated heterocycles. The predicted octanol–water partition coefficient (Wildman–Crippen LogP) is 4.32. The molecule has 1 aromatic heterocycles. The first-order valence-corrected chi connectivity index (χ1v) is 7.59. The Bertz CT molecular complexity index is 357. The van der Waals surface area contributed by atoms with Crippen LogP contribution in [0.1, 0.15) is 56.7 Å². The minimum Gasteiger partial charge on any atom is -0.309 e. The molecule has 1 nitrogen and oxygen atoms in total. The van der Waals surface area contributed by atoms with Crippen molar-refractivity contribution < 1.29 is 0 Å². The SMILES string of the molecule is CC(CC1CC1)NCc1ccc(C(C)(C)C)s1. The molecule has 1 N–H and O–H groups in total. The molecule has 1 atom stereocenters. The van der Waals surface area contributed by atoms with Crippen LogP contribution < -0.4 is 5.32 Å². The molecule has 1 saturated carbocycles. The van der Waals surface area contributed by atoms with Crippen LogP contribution in [0, 0.1) is 5.92 Å². The Labute approximate surface area is 110 Å².